The Morgan fingerprint density at radius 2 is 2.12 bits per heavy atom. The number of anilines is 1. The second-order valence-electron chi connectivity index (χ2n) is 4.87. The smallest absolute Gasteiger partial charge is 0.0503 e. The summed E-state index contributed by atoms with van der Waals surface area (Å²) in [7, 11) is 0. The van der Waals surface area contributed by atoms with Gasteiger partial charge < -0.3 is 4.90 Å². The molecule has 1 aromatic rings. The molecule has 0 radical (unpaired) electrons. The summed E-state index contributed by atoms with van der Waals surface area (Å²) < 4.78 is 1.27. The van der Waals surface area contributed by atoms with Gasteiger partial charge in [-0.25, -0.2) is 0 Å². The molecular weight excluding hydrogens is 347 g/mol. The minimum atomic E-state index is 0.773. The molecule has 4 heteroatoms. The first-order valence-electron chi connectivity index (χ1n) is 6.18. The van der Waals surface area contributed by atoms with Gasteiger partial charge in [0.15, 0.2) is 0 Å². The Kier molecular flexibility index (Phi) is 3.50. The highest BCUT2D eigenvalue weighted by Crippen LogP contribution is 2.30. The van der Waals surface area contributed by atoms with Crippen LogP contribution in [0, 0.1) is 3.57 Å². The maximum absolute atomic E-state index is 6.01. The van der Waals surface area contributed by atoms with Gasteiger partial charge in [-0.3, -0.25) is 4.90 Å². The van der Waals surface area contributed by atoms with Crippen molar-refractivity contribution in [2.24, 2.45) is 0 Å². The maximum Gasteiger partial charge on any atom is 0.0503 e. The molecule has 0 spiro atoms. The Labute approximate surface area is 121 Å². The lowest BCUT2D eigenvalue weighted by atomic mass is 10.1. The molecule has 0 saturated carbocycles. The Morgan fingerprint density at radius 1 is 1.24 bits per heavy atom. The van der Waals surface area contributed by atoms with Gasteiger partial charge in [-0.1, -0.05) is 11.6 Å². The third kappa shape index (κ3) is 2.42. The summed E-state index contributed by atoms with van der Waals surface area (Å²) in [5.41, 5.74) is 1.35. The van der Waals surface area contributed by atoms with E-state index in [1.165, 1.54) is 41.7 Å². The summed E-state index contributed by atoms with van der Waals surface area (Å²) in [5, 5.41) is 0.831. The number of nitrogens with zero attached hydrogens (tertiary/aromatic N) is 2. The van der Waals surface area contributed by atoms with Crippen molar-refractivity contribution in [3.63, 3.8) is 0 Å². The Bertz CT molecular complexity index is 424. The van der Waals surface area contributed by atoms with E-state index in [-0.39, 0.29) is 0 Å². The molecule has 1 atom stereocenters. The van der Waals surface area contributed by atoms with Crippen molar-refractivity contribution in [1.82, 2.24) is 4.90 Å². The van der Waals surface area contributed by atoms with Crippen molar-refractivity contribution >= 4 is 39.9 Å². The number of piperazine rings is 1. The Hall–Kier alpha value is -0.000000000000000111. The zero-order valence-electron chi connectivity index (χ0n) is 9.70. The molecule has 0 N–H and O–H groups in total. The summed E-state index contributed by atoms with van der Waals surface area (Å²) in [4.78, 5) is 5.16. The molecule has 1 aromatic carbocycles. The van der Waals surface area contributed by atoms with E-state index in [0.29, 0.717) is 0 Å². The summed E-state index contributed by atoms with van der Waals surface area (Å²) in [6.07, 6.45) is 2.73. The maximum atomic E-state index is 6.01. The number of halogens is 2. The predicted octanol–water partition coefficient (Wildman–Crippen LogP) is 3.23. The van der Waals surface area contributed by atoms with E-state index in [1.54, 1.807) is 0 Å². The van der Waals surface area contributed by atoms with E-state index < -0.39 is 0 Å². The minimum absolute atomic E-state index is 0.773. The van der Waals surface area contributed by atoms with Gasteiger partial charge in [0.1, 0.15) is 0 Å². The van der Waals surface area contributed by atoms with Crippen LogP contribution in [0.2, 0.25) is 5.02 Å². The van der Waals surface area contributed by atoms with E-state index in [9.17, 15) is 0 Å². The Morgan fingerprint density at radius 3 is 2.94 bits per heavy atom. The molecule has 1 unspecified atom stereocenters. The molecule has 2 fully saturated rings. The van der Waals surface area contributed by atoms with Crippen molar-refractivity contribution < 1.29 is 0 Å². The zero-order chi connectivity index (χ0) is 11.8. The van der Waals surface area contributed by atoms with Crippen LogP contribution in [0.5, 0.6) is 0 Å². The van der Waals surface area contributed by atoms with Crippen LogP contribution in [0.15, 0.2) is 18.2 Å². The molecular formula is C13H16ClIN2. The third-order valence-corrected chi connectivity index (χ3v) is 4.94. The lowest BCUT2D eigenvalue weighted by Gasteiger charge is -2.39. The van der Waals surface area contributed by atoms with Crippen LogP contribution >= 0.6 is 34.2 Å². The molecule has 0 amide bonds. The van der Waals surface area contributed by atoms with Gasteiger partial charge >= 0.3 is 0 Å². The topological polar surface area (TPSA) is 6.48 Å². The number of fused-ring (bicyclic) bond motifs is 1. The van der Waals surface area contributed by atoms with Crippen molar-refractivity contribution in [1.29, 1.82) is 0 Å². The number of rotatable bonds is 1. The average Bonchev–Trinajstić information content (AvgIpc) is 2.75. The molecule has 2 aliphatic heterocycles. The van der Waals surface area contributed by atoms with E-state index in [2.05, 4.69) is 44.5 Å². The third-order valence-electron chi connectivity index (χ3n) is 3.84. The number of hydrogen-bond donors (Lipinski definition) is 0. The van der Waals surface area contributed by atoms with E-state index in [4.69, 9.17) is 11.6 Å². The highest BCUT2D eigenvalue weighted by Gasteiger charge is 2.30. The van der Waals surface area contributed by atoms with Gasteiger partial charge in [0.05, 0.1) is 5.69 Å². The monoisotopic (exact) mass is 362 g/mol. The molecule has 2 nitrogen and oxygen atoms in total. The Balaban J connectivity index is 1.80. The van der Waals surface area contributed by atoms with Gasteiger partial charge in [-0.2, -0.15) is 0 Å². The van der Waals surface area contributed by atoms with Crippen LogP contribution in [0.3, 0.4) is 0 Å². The fourth-order valence-electron chi connectivity index (χ4n) is 2.95. The zero-order valence-corrected chi connectivity index (χ0v) is 12.6. The molecule has 0 aliphatic carbocycles. The quantitative estimate of drug-likeness (QED) is 0.708. The standard InChI is InChI=1S/C13H16ClIN2/c14-10-3-4-13(12(15)8-10)17-7-6-16-5-1-2-11(16)9-17/h3-4,8,11H,1-2,5-7,9H2. The van der Waals surface area contributed by atoms with Crippen molar-refractivity contribution in [2.45, 2.75) is 18.9 Å². The normalized spacial score (nSPS) is 25.1. The lowest BCUT2D eigenvalue weighted by Crippen LogP contribution is -2.50. The van der Waals surface area contributed by atoms with Gasteiger partial charge in [0, 0.05) is 34.3 Å². The number of benzene rings is 1. The summed E-state index contributed by atoms with van der Waals surface area (Å²) >= 11 is 8.40. The van der Waals surface area contributed by atoms with E-state index in [1.807, 2.05) is 6.07 Å². The van der Waals surface area contributed by atoms with Gasteiger partial charge in [0.25, 0.3) is 0 Å². The summed E-state index contributed by atoms with van der Waals surface area (Å²) in [6, 6.07) is 6.99. The second-order valence-corrected chi connectivity index (χ2v) is 6.47. The SMILES string of the molecule is Clc1ccc(N2CCN3CCCC3C2)c(I)c1. The van der Waals surface area contributed by atoms with Crippen LogP contribution < -0.4 is 4.90 Å². The molecule has 0 bridgehead atoms. The molecule has 2 aliphatic rings. The fraction of sp³-hybridized carbons (Fsp3) is 0.538. The summed E-state index contributed by atoms with van der Waals surface area (Å²) in [5.74, 6) is 0. The molecule has 3 rings (SSSR count). The van der Waals surface area contributed by atoms with E-state index in [0.717, 1.165) is 17.6 Å². The highest BCUT2D eigenvalue weighted by atomic mass is 127. The largest absolute Gasteiger partial charge is 0.368 e. The first-order valence-corrected chi connectivity index (χ1v) is 7.64. The molecule has 2 heterocycles. The molecule has 17 heavy (non-hydrogen) atoms. The van der Waals surface area contributed by atoms with Crippen molar-refractivity contribution in [2.75, 3.05) is 31.1 Å². The van der Waals surface area contributed by atoms with Gasteiger partial charge in [-0.05, 0) is 60.2 Å². The molecule has 2 saturated heterocycles. The molecule has 92 valence electrons. The minimum Gasteiger partial charge on any atom is -0.368 e. The van der Waals surface area contributed by atoms with Crippen LogP contribution in [0.1, 0.15) is 12.8 Å². The summed E-state index contributed by atoms with van der Waals surface area (Å²) in [6.45, 7) is 4.84. The number of hydrogen-bond acceptors (Lipinski definition) is 2. The first-order chi connectivity index (χ1) is 8.24. The first kappa shape index (κ1) is 12.1. The van der Waals surface area contributed by atoms with Gasteiger partial charge in [-0.15, -0.1) is 0 Å². The second kappa shape index (κ2) is 4.94. The highest BCUT2D eigenvalue weighted by molar-refractivity contribution is 14.1. The van der Waals surface area contributed by atoms with Crippen LogP contribution in [-0.4, -0.2) is 37.1 Å². The van der Waals surface area contributed by atoms with Crippen LogP contribution in [0.25, 0.3) is 0 Å². The van der Waals surface area contributed by atoms with Crippen molar-refractivity contribution in [3.05, 3.63) is 26.8 Å². The molecule has 0 aromatic heterocycles. The fourth-order valence-corrected chi connectivity index (χ4v) is 4.16. The van der Waals surface area contributed by atoms with Crippen LogP contribution in [-0.2, 0) is 0 Å². The van der Waals surface area contributed by atoms with E-state index >= 15 is 0 Å². The predicted molar refractivity (Wildman–Crippen MR) is 81.0 cm³/mol. The van der Waals surface area contributed by atoms with Crippen molar-refractivity contribution in [3.8, 4) is 0 Å². The lowest BCUT2D eigenvalue weighted by molar-refractivity contribution is 0.231. The van der Waals surface area contributed by atoms with Gasteiger partial charge in [0.2, 0.25) is 0 Å². The average molecular weight is 363 g/mol. The van der Waals surface area contributed by atoms with Crippen LogP contribution in [0.4, 0.5) is 5.69 Å².